The van der Waals surface area contributed by atoms with Crippen LogP contribution in [-0.2, 0) is 12.3 Å². The van der Waals surface area contributed by atoms with Crippen LogP contribution in [0.2, 0.25) is 0 Å². The van der Waals surface area contributed by atoms with Gasteiger partial charge in [0.2, 0.25) is 0 Å². The second-order valence-electron chi connectivity index (χ2n) is 5.53. The van der Waals surface area contributed by atoms with E-state index in [9.17, 15) is 4.79 Å². The molecule has 0 saturated carbocycles. The van der Waals surface area contributed by atoms with Crippen molar-refractivity contribution in [2.75, 3.05) is 0 Å². The minimum atomic E-state index is -0.240. The number of hydrogen-bond donors (Lipinski definition) is 1. The van der Waals surface area contributed by atoms with Crippen molar-refractivity contribution in [3.8, 4) is 0 Å². The van der Waals surface area contributed by atoms with Crippen molar-refractivity contribution >= 4 is 17.7 Å². The van der Waals surface area contributed by atoms with Crippen molar-refractivity contribution in [1.29, 1.82) is 0 Å². The van der Waals surface area contributed by atoms with Crippen LogP contribution in [0.4, 0.5) is 0 Å². The van der Waals surface area contributed by atoms with Crippen molar-refractivity contribution in [3.05, 3.63) is 71.2 Å². The van der Waals surface area contributed by atoms with Gasteiger partial charge in [-0.3, -0.25) is 9.78 Å². The molecule has 0 bridgehead atoms. The van der Waals surface area contributed by atoms with Crippen molar-refractivity contribution < 1.29 is 9.21 Å². The molecule has 0 aliphatic rings. The largest absolute Gasteiger partial charge is 0.455 e. The first-order chi connectivity index (χ1) is 12.1. The van der Waals surface area contributed by atoms with Crippen molar-refractivity contribution in [3.63, 3.8) is 0 Å². The molecule has 0 aliphatic carbocycles. The number of thioether (sulfide) groups is 1. The zero-order valence-corrected chi connectivity index (χ0v) is 14.8. The molecule has 3 aromatic heterocycles. The highest BCUT2D eigenvalue weighted by Gasteiger charge is 2.12. The summed E-state index contributed by atoms with van der Waals surface area (Å²) in [5, 5.41) is 3.53. The van der Waals surface area contributed by atoms with E-state index in [2.05, 4.69) is 20.3 Å². The summed E-state index contributed by atoms with van der Waals surface area (Å²) >= 11 is 1.48. The van der Waals surface area contributed by atoms with Crippen LogP contribution in [0.3, 0.4) is 0 Å². The van der Waals surface area contributed by atoms with Crippen LogP contribution in [0.1, 0.15) is 33.3 Å². The summed E-state index contributed by atoms with van der Waals surface area (Å²) < 4.78 is 5.62. The highest BCUT2D eigenvalue weighted by molar-refractivity contribution is 7.98. The average Bonchev–Trinajstić information content (AvgIpc) is 3.07. The van der Waals surface area contributed by atoms with E-state index in [4.69, 9.17) is 4.42 Å². The number of aryl methyl sites for hydroxylation is 2. The van der Waals surface area contributed by atoms with Gasteiger partial charge in [-0.2, -0.15) is 0 Å². The summed E-state index contributed by atoms with van der Waals surface area (Å²) in [6.45, 7) is 4.32. The van der Waals surface area contributed by atoms with Gasteiger partial charge in [-0.05, 0) is 49.7 Å². The lowest BCUT2D eigenvalue weighted by molar-refractivity contribution is 0.0921. The van der Waals surface area contributed by atoms with Crippen LogP contribution in [0.25, 0.3) is 0 Å². The topological polar surface area (TPSA) is 80.9 Å². The van der Waals surface area contributed by atoms with Gasteiger partial charge in [0.25, 0.3) is 5.91 Å². The summed E-state index contributed by atoms with van der Waals surface area (Å²) in [6, 6.07) is 9.13. The Balaban J connectivity index is 1.55. The van der Waals surface area contributed by atoms with Gasteiger partial charge >= 0.3 is 0 Å². The third-order valence-corrected chi connectivity index (χ3v) is 4.26. The molecule has 1 N–H and O–H groups in total. The number of pyridine rings is 1. The lowest BCUT2D eigenvalue weighted by Gasteiger charge is -2.03. The van der Waals surface area contributed by atoms with E-state index in [1.54, 1.807) is 24.5 Å². The molecule has 0 unspecified atom stereocenters. The summed E-state index contributed by atoms with van der Waals surface area (Å²) in [7, 11) is 0. The van der Waals surface area contributed by atoms with E-state index in [0.717, 1.165) is 17.0 Å². The Morgan fingerprint density at radius 1 is 1.12 bits per heavy atom. The Labute approximate surface area is 150 Å². The average molecular weight is 354 g/mol. The molecular formula is C18H18N4O2S. The number of rotatable bonds is 6. The molecule has 3 heterocycles. The van der Waals surface area contributed by atoms with Gasteiger partial charge in [0.1, 0.15) is 5.76 Å². The van der Waals surface area contributed by atoms with E-state index >= 15 is 0 Å². The van der Waals surface area contributed by atoms with Crippen LogP contribution in [-0.4, -0.2) is 20.9 Å². The lowest BCUT2D eigenvalue weighted by Crippen LogP contribution is -2.22. The second kappa shape index (κ2) is 7.94. The molecule has 128 valence electrons. The smallest absolute Gasteiger partial charge is 0.287 e. The van der Waals surface area contributed by atoms with E-state index in [1.807, 2.05) is 32.0 Å². The number of amides is 1. The number of nitrogens with zero attached hydrogens (tertiary/aromatic N) is 3. The third-order valence-electron chi connectivity index (χ3n) is 3.39. The van der Waals surface area contributed by atoms with Crippen LogP contribution < -0.4 is 5.32 Å². The van der Waals surface area contributed by atoms with Crippen LogP contribution in [0.15, 0.2) is 52.3 Å². The Morgan fingerprint density at radius 3 is 2.56 bits per heavy atom. The maximum absolute atomic E-state index is 12.1. The van der Waals surface area contributed by atoms with E-state index in [-0.39, 0.29) is 5.91 Å². The van der Waals surface area contributed by atoms with Gasteiger partial charge in [-0.25, -0.2) is 9.97 Å². The maximum Gasteiger partial charge on any atom is 0.287 e. The summed E-state index contributed by atoms with van der Waals surface area (Å²) in [6.07, 6.45) is 3.39. The molecule has 0 aliphatic heterocycles. The van der Waals surface area contributed by atoms with Gasteiger partial charge in [-0.1, -0.05) is 11.8 Å². The fourth-order valence-electron chi connectivity index (χ4n) is 2.24. The molecule has 0 saturated heterocycles. The molecule has 0 fully saturated rings. The number of carbonyl (C=O) groups is 1. The van der Waals surface area contributed by atoms with Gasteiger partial charge in [-0.15, -0.1) is 0 Å². The first-order valence-corrected chi connectivity index (χ1v) is 8.79. The normalized spacial score (nSPS) is 10.6. The minimum absolute atomic E-state index is 0.240. The number of furan rings is 1. The Kier molecular flexibility index (Phi) is 5.45. The Hall–Kier alpha value is -2.67. The monoisotopic (exact) mass is 354 g/mol. The predicted octanol–water partition coefficient (Wildman–Crippen LogP) is 3.30. The number of nitrogens with one attached hydrogen (secondary N) is 1. The molecule has 7 heteroatoms. The molecule has 6 nitrogen and oxygen atoms in total. The van der Waals surface area contributed by atoms with Gasteiger partial charge in [0.05, 0.1) is 5.75 Å². The molecule has 1 amide bonds. The van der Waals surface area contributed by atoms with E-state index in [1.165, 1.54) is 11.8 Å². The zero-order valence-electron chi connectivity index (χ0n) is 14.0. The maximum atomic E-state index is 12.1. The fourth-order valence-corrected chi connectivity index (χ4v) is 3.09. The Bertz CT molecular complexity index is 844. The molecule has 0 aromatic carbocycles. The highest BCUT2D eigenvalue weighted by Crippen LogP contribution is 2.21. The standard InChI is InChI=1S/C18H18N4O2S/c1-12-9-13(2)22-18(21-12)25-11-15-3-4-16(24-15)17(23)20-10-14-5-7-19-8-6-14/h3-9H,10-11H2,1-2H3,(H,20,23). The molecule has 0 radical (unpaired) electrons. The number of hydrogen-bond acceptors (Lipinski definition) is 6. The number of aromatic nitrogens is 3. The van der Waals surface area contributed by atoms with Crippen LogP contribution in [0, 0.1) is 13.8 Å². The van der Waals surface area contributed by atoms with Crippen molar-refractivity contribution in [2.24, 2.45) is 0 Å². The second-order valence-corrected chi connectivity index (χ2v) is 6.47. The lowest BCUT2D eigenvalue weighted by atomic mass is 10.2. The SMILES string of the molecule is Cc1cc(C)nc(SCc2ccc(C(=O)NCc3ccncc3)o2)n1. The summed E-state index contributed by atoms with van der Waals surface area (Å²) in [5.74, 6) is 1.34. The minimum Gasteiger partial charge on any atom is -0.455 e. The van der Waals surface area contributed by atoms with Crippen LogP contribution in [0.5, 0.6) is 0 Å². The van der Waals surface area contributed by atoms with E-state index < -0.39 is 0 Å². The molecule has 0 spiro atoms. The molecule has 25 heavy (non-hydrogen) atoms. The molecule has 3 rings (SSSR count). The van der Waals surface area contributed by atoms with Gasteiger partial charge < -0.3 is 9.73 Å². The van der Waals surface area contributed by atoms with Crippen molar-refractivity contribution in [2.45, 2.75) is 31.3 Å². The van der Waals surface area contributed by atoms with Crippen molar-refractivity contribution in [1.82, 2.24) is 20.3 Å². The highest BCUT2D eigenvalue weighted by atomic mass is 32.2. The van der Waals surface area contributed by atoms with Gasteiger partial charge in [0.15, 0.2) is 10.9 Å². The molecule has 0 atom stereocenters. The summed E-state index contributed by atoms with van der Waals surface area (Å²) in [4.78, 5) is 24.8. The van der Waals surface area contributed by atoms with E-state index in [0.29, 0.717) is 29.0 Å². The zero-order chi connectivity index (χ0) is 17.6. The number of carbonyl (C=O) groups excluding carboxylic acids is 1. The Morgan fingerprint density at radius 2 is 1.84 bits per heavy atom. The molecule has 3 aromatic rings. The summed E-state index contributed by atoms with van der Waals surface area (Å²) in [5.41, 5.74) is 2.86. The first kappa shape index (κ1) is 17.2. The predicted molar refractivity (Wildman–Crippen MR) is 95.2 cm³/mol. The van der Waals surface area contributed by atoms with Gasteiger partial charge in [0, 0.05) is 30.3 Å². The van der Waals surface area contributed by atoms with Crippen LogP contribution >= 0.6 is 11.8 Å². The quantitative estimate of drug-likeness (QED) is 0.540. The third kappa shape index (κ3) is 4.90. The fraction of sp³-hybridized carbons (Fsp3) is 0.222. The first-order valence-electron chi connectivity index (χ1n) is 7.81. The molecular weight excluding hydrogens is 336 g/mol.